The molecule has 3 amide bonds. The molecule has 0 unspecified atom stereocenters. The van der Waals surface area contributed by atoms with Crippen LogP contribution in [0.2, 0.25) is 0 Å². The SMILES string of the molecule is Cc1cccc(NC(=O)N2CCN(C(=O)C3CCCCC3)CC2)c1C. The molecule has 1 aromatic rings. The van der Waals surface area contributed by atoms with Crippen LogP contribution in [0.1, 0.15) is 43.2 Å². The third kappa shape index (κ3) is 4.14. The second-order valence-electron chi connectivity index (χ2n) is 7.32. The van der Waals surface area contributed by atoms with Gasteiger partial charge in [-0.2, -0.15) is 0 Å². The van der Waals surface area contributed by atoms with Gasteiger partial charge in [0.05, 0.1) is 0 Å². The molecule has 2 fully saturated rings. The normalized spacial score (nSPS) is 19.0. The number of amides is 3. The number of nitrogens with one attached hydrogen (secondary N) is 1. The van der Waals surface area contributed by atoms with Gasteiger partial charge in [-0.05, 0) is 43.9 Å². The number of piperazine rings is 1. The molecule has 1 aliphatic heterocycles. The molecule has 5 heteroatoms. The average molecular weight is 343 g/mol. The van der Waals surface area contributed by atoms with Gasteiger partial charge in [-0.1, -0.05) is 31.4 Å². The fourth-order valence-corrected chi connectivity index (χ4v) is 3.82. The molecule has 0 spiro atoms. The molecule has 25 heavy (non-hydrogen) atoms. The molecular weight excluding hydrogens is 314 g/mol. The van der Waals surface area contributed by atoms with Gasteiger partial charge in [0, 0.05) is 37.8 Å². The summed E-state index contributed by atoms with van der Waals surface area (Å²) in [6, 6.07) is 5.86. The molecule has 0 aromatic heterocycles. The smallest absolute Gasteiger partial charge is 0.321 e. The lowest BCUT2D eigenvalue weighted by atomic mass is 9.88. The van der Waals surface area contributed by atoms with Crippen molar-refractivity contribution < 1.29 is 9.59 Å². The number of rotatable bonds is 2. The minimum absolute atomic E-state index is 0.0709. The van der Waals surface area contributed by atoms with Crippen molar-refractivity contribution in [1.29, 1.82) is 0 Å². The Hall–Kier alpha value is -2.04. The molecule has 3 rings (SSSR count). The number of urea groups is 1. The van der Waals surface area contributed by atoms with E-state index in [1.54, 1.807) is 0 Å². The van der Waals surface area contributed by atoms with Crippen molar-refractivity contribution in [2.75, 3.05) is 31.5 Å². The summed E-state index contributed by atoms with van der Waals surface area (Å²) in [7, 11) is 0. The number of benzene rings is 1. The van der Waals surface area contributed by atoms with E-state index in [-0.39, 0.29) is 11.9 Å². The first kappa shape index (κ1) is 17.8. The fourth-order valence-electron chi connectivity index (χ4n) is 3.82. The molecule has 5 nitrogen and oxygen atoms in total. The zero-order chi connectivity index (χ0) is 17.8. The number of carbonyl (C=O) groups is 2. The Balaban J connectivity index is 1.52. The summed E-state index contributed by atoms with van der Waals surface area (Å²) in [6.07, 6.45) is 5.68. The van der Waals surface area contributed by atoms with Gasteiger partial charge in [0.25, 0.3) is 0 Å². The van der Waals surface area contributed by atoms with Gasteiger partial charge < -0.3 is 15.1 Å². The summed E-state index contributed by atoms with van der Waals surface area (Å²) in [5, 5.41) is 3.01. The Morgan fingerprint density at radius 1 is 0.960 bits per heavy atom. The molecule has 0 radical (unpaired) electrons. The van der Waals surface area contributed by atoms with Gasteiger partial charge in [0.2, 0.25) is 5.91 Å². The van der Waals surface area contributed by atoms with E-state index in [1.165, 1.54) is 24.8 Å². The quantitative estimate of drug-likeness (QED) is 0.893. The lowest BCUT2D eigenvalue weighted by molar-refractivity contribution is -0.137. The Kier molecular flexibility index (Phi) is 5.61. The van der Waals surface area contributed by atoms with Crippen molar-refractivity contribution >= 4 is 17.6 Å². The molecule has 2 aliphatic rings. The van der Waals surface area contributed by atoms with Crippen molar-refractivity contribution in [3.8, 4) is 0 Å². The van der Waals surface area contributed by atoms with Gasteiger partial charge in [-0.3, -0.25) is 4.79 Å². The molecule has 0 bridgehead atoms. The van der Waals surface area contributed by atoms with Crippen LogP contribution in [0.4, 0.5) is 10.5 Å². The maximum atomic E-state index is 12.6. The zero-order valence-corrected chi connectivity index (χ0v) is 15.4. The van der Waals surface area contributed by atoms with E-state index in [0.29, 0.717) is 32.1 Å². The predicted octanol–water partition coefficient (Wildman–Crippen LogP) is 3.56. The maximum Gasteiger partial charge on any atom is 0.321 e. The fraction of sp³-hybridized carbons (Fsp3) is 0.600. The van der Waals surface area contributed by atoms with Crippen molar-refractivity contribution in [2.24, 2.45) is 5.92 Å². The van der Waals surface area contributed by atoms with Crippen molar-refractivity contribution in [1.82, 2.24) is 9.80 Å². The number of nitrogens with zero attached hydrogens (tertiary/aromatic N) is 2. The summed E-state index contributed by atoms with van der Waals surface area (Å²) < 4.78 is 0. The van der Waals surface area contributed by atoms with Crippen molar-refractivity contribution in [3.63, 3.8) is 0 Å². The molecule has 1 N–H and O–H groups in total. The van der Waals surface area contributed by atoms with Gasteiger partial charge >= 0.3 is 6.03 Å². The first-order chi connectivity index (χ1) is 12.1. The van der Waals surface area contributed by atoms with Crippen molar-refractivity contribution in [3.05, 3.63) is 29.3 Å². The number of hydrogen-bond donors (Lipinski definition) is 1. The lowest BCUT2D eigenvalue weighted by Gasteiger charge is -2.37. The molecule has 0 atom stereocenters. The zero-order valence-electron chi connectivity index (χ0n) is 15.4. The third-order valence-electron chi connectivity index (χ3n) is 5.68. The second kappa shape index (κ2) is 7.89. The maximum absolute atomic E-state index is 12.6. The van der Waals surface area contributed by atoms with Crippen LogP contribution in [0.15, 0.2) is 18.2 Å². The first-order valence-corrected chi connectivity index (χ1v) is 9.47. The van der Waals surface area contributed by atoms with Crippen LogP contribution in [-0.2, 0) is 4.79 Å². The van der Waals surface area contributed by atoms with Crippen LogP contribution in [0.5, 0.6) is 0 Å². The van der Waals surface area contributed by atoms with Crippen LogP contribution < -0.4 is 5.32 Å². The summed E-state index contributed by atoms with van der Waals surface area (Å²) in [5.41, 5.74) is 3.13. The number of carbonyl (C=O) groups excluding carboxylic acids is 2. The first-order valence-electron chi connectivity index (χ1n) is 9.47. The highest BCUT2D eigenvalue weighted by Crippen LogP contribution is 2.26. The molecule has 1 heterocycles. The Bertz CT molecular complexity index is 630. The topological polar surface area (TPSA) is 52.7 Å². The average Bonchev–Trinajstić information content (AvgIpc) is 2.65. The highest BCUT2D eigenvalue weighted by molar-refractivity contribution is 5.90. The summed E-state index contributed by atoms with van der Waals surface area (Å²) in [5.74, 6) is 0.512. The molecule has 1 saturated heterocycles. The minimum atomic E-state index is -0.0709. The lowest BCUT2D eigenvalue weighted by Crippen LogP contribution is -2.53. The molecule has 1 aliphatic carbocycles. The summed E-state index contributed by atoms with van der Waals surface area (Å²) in [4.78, 5) is 28.9. The second-order valence-corrected chi connectivity index (χ2v) is 7.32. The third-order valence-corrected chi connectivity index (χ3v) is 5.68. The van der Waals surface area contributed by atoms with E-state index in [0.717, 1.165) is 24.1 Å². The van der Waals surface area contributed by atoms with E-state index < -0.39 is 0 Å². The monoisotopic (exact) mass is 343 g/mol. The van der Waals surface area contributed by atoms with E-state index in [4.69, 9.17) is 0 Å². The van der Waals surface area contributed by atoms with Gasteiger partial charge in [-0.25, -0.2) is 4.79 Å². The molecule has 1 aromatic carbocycles. The summed E-state index contributed by atoms with van der Waals surface area (Å²) >= 11 is 0. The van der Waals surface area contributed by atoms with E-state index >= 15 is 0 Å². The van der Waals surface area contributed by atoms with Crippen LogP contribution in [0, 0.1) is 19.8 Å². The molecular formula is C20H29N3O2. The molecule has 136 valence electrons. The van der Waals surface area contributed by atoms with Gasteiger partial charge in [-0.15, -0.1) is 0 Å². The van der Waals surface area contributed by atoms with Gasteiger partial charge in [0.1, 0.15) is 0 Å². The van der Waals surface area contributed by atoms with E-state index in [9.17, 15) is 9.59 Å². The Labute approximate surface area is 150 Å². The standard InChI is InChI=1S/C20H29N3O2/c1-15-7-6-10-18(16(15)2)21-20(25)23-13-11-22(12-14-23)19(24)17-8-4-3-5-9-17/h6-7,10,17H,3-5,8-9,11-14H2,1-2H3,(H,21,25). The Morgan fingerprint density at radius 2 is 1.60 bits per heavy atom. The Morgan fingerprint density at radius 3 is 2.28 bits per heavy atom. The minimum Gasteiger partial charge on any atom is -0.339 e. The number of hydrogen-bond acceptors (Lipinski definition) is 2. The van der Waals surface area contributed by atoms with Gasteiger partial charge in [0.15, 0.2) is 0 Å². The highest BCUT2D eigenvalue weighted by Gasteiger charge is 2.29. The van der Waals surface area contributed by atoms with Crippen molar-refractivity contribution in [2.45, 2.75) is 46.0 Å². The van der Waals surface area contributed by atoms with E-state index in [2.05, 4.69) is 5.32 Å². The largest absolute Gasteiger partial charge is 0.339 e. The number of anilines is 1. The predicted molar refractivity (Wildman–Crippen MR) is 99.7 cm³/mol. The van der Waals surface area contributed by atoms with Crippen LogP contribution >= 0.6 is 0 Å². The number of aryl methyl sites for hydroxylation is 1. The van der Waals surface area contributed by atoms with E-state index in [1.807, 2.05) is 41.8 Å². The van der Waals surface area contributed by atoms with Crippen LogP contribution in [0.3, 0.4) is 0 Å². The highest BCUT2D eigenvalue weighted by atomic mass is 16.2. The summed E-state index contributed by atoms with van der Waals surface area (Å²) in [6.45, 7) is 6.57. The van der Waals surface area contributed by atoms with Crippen LogP contribution in [-0.4, -0.2) is 47.9 Å². The molecule has 1 saturated carbocycles. The van der Waals surface area contributed by atoms with Crippen LogP contribution in [0.25, 0.3) is 0 Å².